The quantitative estimate of drug-likeness (QED) is 0.438. The predicted molar refractivity (Wildman–Crippen MR) is 98.6 cm³/mol. The lowest BCUT2D eigenvalue weighted by Gasteiger charge is -2.09. The Kier molecular flexibility index (Phi) is 4.42. The molecule has 0 saturated carbocycles. The third kappa shape index (κ3) is 2.83. The van der Waals surface area contributed by atoms with Gasteiger partial charge in [0.1, 0.15) is 0 Å². The summed E-state index contributed by atoms with van der Waals surface area (Å²) in [5, 5.41) is 0.704. The Bertz CT molecular complexity index is 953. The zero-order valence-corrected chi connectivity index (χ0v) is 14.5. The third-order valence-corrected chi connectivity index (χ3v) is 4.50. The molecule has 0 spiro atoms. The second-order valence-corrected chi connectivity index (χ2v) is 6.37. The second-order valence-electron chi connectivity index (χ2n) is 6.37. The molecule has 0 aliphatic heterocycles. The van der Waals surface area contributed by atoms with Crippen molar-refractivity contribution in [2.75, 3.05) is 0 Å². The van der Waals surface area contributed by atoms with Gasteiger partial charge in [0.2, 0.25) is 0 Å². The van der Waals surface area contributed by atoms with E-state index in [1.54, 1.807) is 11.5 Å². The minimum atomic E-state index is -0.407. The summed E-state index contributed by atoms with van der Waals surface area (Å²) in [6.45, 7) is 5.97. The summed E-state index contributed by atoms with van der Waals surface area (Å²) in [6, 6.07) is 14.9. The molecule has 0 bridgehead atoms. The van der Waals surface area contributed by atoms with E-state index < -0.39 is 5.91 Å². The van der Waals surface area contributed by atoms with Crippen LogP contribution in [0.25, 0.3) is 10.9 Å². The maximum atomic E-state index is 13.1. The minimum Gasteiger partial charge on any atom is -0.290 e. The first kappa shape index (κ1) is 16.9. The Labute approximate surface area is 146 Å². The van der Waals surface area contributed by atoms with Gasteiger partial charge >= 0.3 is 0 Å². The molecule has 1 amide bonds. The standard InChI is InChI=1S/C20H21N3O2/c1-12(2)14-8-10-15(11-9-14)20(25)23-13(3)18(19(24)22-21)16-6-4-5-7-17(16)23/h4-12H,21H2,1-3H3,(H,22,24). The molecule has 0 aliphatic rings. The van der Waals surface area contributed by atoms with E-state index in [-0.39, 0.29) is 5.91 Å². The van der Waals surface area contributed by atoms with Crippen LogP contribution in [0.5, 0.6) is 0 Å². The van der Waals surface area contributed by atoms with Crippen molar-refractivity contribution >= 4 is 22.7 Å². The number of nitrogens with two attached hydrogens (primary N) is 1. The molecule has 1 heterocycles. The largest absolute Gasteiger partial charge is 0.290 e. The van der Waals surface area contributed by atoms with Crippen LogP contribution in [0.1, 0.15) is 51.7 Å². The highest BCUT2D eigenvalue weighted by Crippen LogP contribution is 2.27. The Morgan fingerprint density at radius 1 is 1.04 bits per heavy atom. The molecule has 0 aliphatic carbocycles. The van der Waals surface area contributed by atoms with E-state index in [0.29, 0.717) is 33.6 Å². The number of amides is 1. The van der Waals surface area contributed by atoms with Gasteiger partial charge in [0.15, 0.2) is 0 Å². The van der Waals surface area contributed by atoms with Crippen LogP contribution >= 0.6 is 0 Å². The molecule has 3 N–H and O–H groups in total. The van der Waals surface area contributed by atoms with Crippen LogP contribution in [0.15, 0.2) is 48.5 Å². The van der Waals surface area contributed by atoms with Crippen LogP contribution in [0.3, 0.4) is 0 Å². The van der Waals surface area contributed by atoms with Crippen molar-refractivity contribution < 1.29 is 9.59 Å². The van der Waals surface area contributed by atoms with Crippen LogP contribution in [-0.4, -0.2) is 16.4 Å². The van der Waals surface area contributed by atoms with Gasteiger partial charge in [-0.25, -0.2) is 5.84 Å². The SMILES string of the molecule is Cc1c(C(=O)NN)c2ccccc2n1C(=O)c1ccc(C(C)C)cc1. The first-order chi connectivity index (χ1) is 12.0. The lowest BCUT2D eigenvalue weighted by molar-refractivity contribution is 0.0954. The van der Waals surface area contributed by atoms with E-state index in [2.05, 4.69) is 19.3 Å². The number of hydrogen-bond donors (Lipinski definition) is 2. The van der Waals surface area contributed by atoms with Gasteiger partial charge in [-0.05, 0) is 36.6 Å². The second kappa shape index (κ2) is 6.53. The Hall–Kier alpha value is -2.92. The molecule has 0 atom stereocenters. The number of nitrogens with one attached hydrogen (secondary N) is 1. The van der Waals surface area contributed by atoms with Gasteiger partial charge in [-0.3, -0.25) is 19.6 Å². The van der Waals surface area contributed by atoms with Crippen molar-refractivity contribution in [3.8, 4) is 0 Å². The lowest BCUT2D eigenvalue weighted by Crippen LogP contribution is -2.30. The monoisotopic (exact) mass is 335 g/mol. The molecule has 3 aromatic rings. The molecule has 25 heavy (non-hydrogen) atoms. The van der Waals surface area contributed by atoms with Gasteiger partial charge in [-0.15, -0.1) is 0 Å². The molecule has 5 heteroatoms. The van der Waals surface area contributed by atoms with Crippen molar-refractivity contribution in [2.45, 2.75) is 26.7 Å². The maximum Gasteiger partial charge on any atom is 0.267 e. The van der Waals surface area contributed by atoms with Crippen LogP contribution in [-0.2, 0) is 0 Å². The molecular weight excluding hydrogens is 314 g/mol. The molecule has 3 rings (SSSR count). The van der Waals surface area contributed by atoms with Gasteiger partial charge in [0, 0.05) is 16.6 Å². The van der Waals surface area contributed by atoms with E-state index in [0.717, 1.165) is 0 Å². The summed E-state index contributed by atoms with van der Waals surface area (Å²) in [5.41, 5.74) is 5.60. The van der Waals surface area contributed by atoms with E-state index in [4.69, 9.17) is 5.84 Å². The van der Waals surface area contributed by atoms with Crippen molar-refractivity contribution in [3.63, 3.8) is 0 Å². The van der Waals surface area contributed by atoms with E-state index >= 15 is 0 Å². The van der Waals surface area contributed by atoms with Crippen molar-refractivity contribution in [1.29, 1.82) is 0 Å². The molecule has 128 valence electrons. The van der Waals surface area contributed by atoms with Crippen molar-refractivity contribution in [3.05, 3.63) is 70.9 Å². The third-order valence-electron chi connectivity index (χ3n) is 4.50. The van der Waals surface area contributed by atoms with Crippen LogP contribution < -0.4 is 11.3 Å². The fraction of sp³-hybridized carbons (Fsp3) is 0.200. The lowest BCUT2D eigenvalue weighted by atomic mass is 10.0. The number of rotatable bonds is 3. The summed E-state index contributed by atoms with van der Waals surface area (Å²) in [4.78, 5) is 25.3. The van der Waals surface area contributed by atoms with Crippen LogP contribution in [0, 0.1) is 6.92 Å². The maximum absolute atomic E-state index is 13.1. The van der Waals surface area contributed by atoms with Crippen molar-refractivity contribution in [1.82, 2.24) is 9.99 Å². The average molecular weight is 335 g/mol. The van der Waals surface area contributed by atoms with E-state index in [1.165, 1.54) is 5.56 Å². The Morgan fingerprint density at radius 3 is 2.28 bits per heavy atom. The Balaban J connectivity index is 2.16. The Morgan fingerprint density at radius 2 is 1.68 bits per heavy atom. The number of nitrogen functional groups attached to an aromatic ring is 1. The number of carbonyl (C=O) groups is 2. The number of aromatic nitrogens is 1. The summed E-state index contributed by atoms with van der Waals surface area (Å²) in [5.74, 6) is 5.14. The number of hydrazine groups is 1. The molecule has 0 radical (unpaired) electrons. The summed E-state index contributed by atoms with van der Waals surface area (Å²) in [6.07, 6.45) is 0. The zero-order chi connectivity index (χ0) is 18.1. The highest BCUT2D eigenvalue weighted by Gasteiger charge is 2.23. The van der Waals surface area contributed by atoms with Gasteiger partial charge < -0.3 is 0 Å². The van der Waals surface area contributed by atoms with Gasteiger partial charge in [-0.2, -0.15) is 0 Å². The molecule has 0 unspecified atom stereocenters. The highest BCUT2D eigenvalue weighted by molar-refractivity contribution is 6.12. The number of para-hydroxylation sites is 1. The number of nitrogens with zero attached hydrogens (tertiary/aromatic N) is 1. The van der Waals surface area contributed by atoms with Gasteiger partial charge in [0.25, 0.3) is 11.8 Å². The highest BCUT2D eigenvalue weighted by atomic mass is 16.2. The molecule has 5 nitrogen and oxygen atoms in total. The van der Waals surface area contributed by atoms with Crippen LogP contribution in [0.2, 0.25) is 0 Å². The smallest absolute Gasteiger partial charge is 0.267 e. The van der Waals surface area contributed by atoms with Crippen LogP contribution in [0.4, 0.5) is 0 Å². The fourth-order valence-corrected chi connectivity index (χ4v) is 3.13. The first-order valence-corrected chi connectivity index (χ1v) is 8.21. The van der Waals surface area contributed by atoms with Crippen molar-refractivity contribution in [2.24, 2.45) is 5.84 Å². The van der Waals surface area contributed by atoms with Gasteiger partial charge in [0.05, 0.1) is 11.1 Å². The number of fused-ring (bicyclic) bond motifs is 1. The number of carbonyl (C=O) groups excluding carboxylic acids is 2. The topological polar surface area (TPSA) is 77.1 Å². The molecule has 1 aromatic heterocycles. The zero-order valence-electron chi connectivity index (χ0n) is 14.5. The van der Waals surface area contributed by atoms with E-state index in [1.807, 2.05) is 48.5 Å². The number of benzene rings is 2. The normalized spacial score (nSPS) is 11.1. The first-order valence-electron chi connectivity index (χ1n) is 8.21. The summed E-state index contributed by atoms with van der Waals surface area (Å²) in [7, 11) is 0. The van der Waals surface area contributed by atoms with E-state index in [9.17, 15) is 9.59 Å². The molecule has 0 fully saturated rings. The number of hydrogen-bond acceptors (Lipinski definition) is 3. The molecule has 0 saturated heterocycles. The summed E-state index contributed by atoms with van der Waals surface area (Å²) < 4.78 is 1.57. The fourth-order valence-electron chi connectivity index (χ4n) is 3.13. The average Bonchev–Trinajstić information content (AvgIpc) is 2.92. The predicted octanol–water partition coefficient (Wildman–Crippen LogP) is 3.37. The summed E-state index contributed by atoms with van der Waals surface area (Å²) >= 11 is 0. The van der Waals surface area contributed by atoms with Gasteiger partial charge in [-0.1, -0.05) is 44.2 Å². The minimum absolute atomic E-state index is 0.167. The molecular formula is C20H21N3O2. The molecule has 2 aromatic carbocycles.